The van der Waals surface area contributed by atoms with Crippen molar-refractivity contribution < 1.29 is 0 Å². The Morgan fingerprint density at radius 3 is 2.70 bits per heavy atom. The molecular weight excluding hydrogens is 268 g/mol. The molecule has 20 heavy (non-hydrogen) atoms. The van der Waals surface area contributed by atoms with E-state index in [2.05, 4.69) is 21.0 Å². The second-order valence-electron chi connectivity index (χ2n) is 4.28. The normalized spacial score (nSPS) is 10.4. The first-order valence-electron chi connectivity index (χ1n) is 6.02. The molecule has 0 aliphatic carbocycles. The molecule has 1 aromatic carbocycles. The highest BCUT2D eigenvalue weighted by Crippen LogP contribution is 2.28. The summed E-state index contributed by atoms with van der Waals surface area (Å²) in [5, 5.41) is 11.5. The number of benzene rings is 1. The zero-order valence-electron chi connectivity index (χ0n) is 10.7. The number of aryl methyl sites for hydroxylation is 1. The summed E-state index contributed by atoms with van der Waals surface area (Å²) in [4.78, 5) is 12.9. The molecule has 0 saturated heterocycles. The maximum absolute atomic E-state index is 9.27. The molecule has 0 radical (unpaired) electrons. The molecule has 96 valence electrons. The Hall–Kier alpha value is -2.45. The lowest BCUT2D eigenvalue weighted by atomic mass is 10.1. The van der Waals surface area contributed by atoms with Crippen LogP contribution in [0.5, 0.6) is 0 Å². The third-order valence-electron chi connectivity index (χ3n) is 2.79. The van der Waals surface area contributed by atoms with Gasteiger partial charge in [0, 0.05) is 17.8 Å². The first-order valence-corrected chi connectivity index (χ1v) is 6.84. The molecule has 0 spiro atoms. The zero-order chi connectivity index (χ0) is 13.9. The number of nitriles is 1. The first-order chi connectivity index (χ1) is 9.76. The molecule has 0 N–H and O–H groups in total. The third-order valence-corrected chi connectivity index (χ3v) is 3.69. The van der Waals surface area contributed by atoms with Gasteiger partial charge < -0.3 is 0 Å². The van der Waals surface area contributed by atoms with Crippen molar-refractivity contribution >= 4 is 22.7 Å². The lowest BCUT2D eigenvalue weighted by Crippen LogP contribution is -1.91. The molecule has 0 bridgehead atoms. The van der Waals surface area contributed by atoms with E-state index in [-0.39, 0.29) is 0 Å². The van der Waals surface area contributed by atoms with E-state index in [0.29, 0.717) is 15.7 Å². The quantitative estimate of drug-likeness (QED) is 0.673. The van der Waals surface area contributed by atoms with Crippen LogP contribution in [0.4, 0.5) is 0 Å². The predicted molar refractivity (Wildman–Crippen MR) is 77.4 cm³/mol. The Morgan fingerprint density at radius 1 is 1.15 bits per heavy atom. The third kappa shape index (κ3) is 2.46. The molecule has 5 heteroatoms. The Morgan fingerprint density at radius 2 is 1.95 bits per heavy atom. The van der Waals surface area contributed by atoms with E-state index < -0.39 is 0 Å². The van der Waals surface area contributed by atoms with Gasteiger partial charge in [0.2, 0.25) is 0 Å². The van der Waals surface area contributed by atoms with E-state index in [0.717, 1.165) is 16.5 Å². The van der Waals surface area contributed by atoms with Gasteiger partial charge in [-0.3, -0.25) is 0 Å². The SMILES string of the molecule is Cc1ccc2cc(C#N)c(Sc3ncccn3)nc2c1. The van der Waals surface area contributed by atoms with Crippen molar-refractivity contribution in [1.82, 2.24) is 15.0 Å². The van der Waals surface area contributed by atoms with E-state index in [1.807, 2.05) is 31.2 Å². The highest BCUT2D eigenvalue weighted by atomic mass is 32.2. The van der Waals surface area contributed by atoms with Crippen molar-refractivity contribution in [3.05, 3.63) is 53.9 Å². The minimum absolute atomic E-state index is 0.541. The monoisotopic (exact) mass is 278 g/mol. The summed E-state index contributed by atoms with van der Waals surface area (Å²) in [5.74, 6) is 0. The molecule has 0 fully saturated rings. The second-order valence-corrected chi connectivity index (χ2v) is 5.24. The van der Waals surface area contributed by atoms with Crippen molar-refractivity contribution in [2.24, 2.45) is 0 Å². The molecule has 0 aliphatic rings. The molecule has 0 saturated carbocycles. The molecule has 0 atom stereocenters. The lowest BCUT2D eigenvalue weighted by molar-refractivity contribution is 0.961. The van der Waals surface area contributed by atoms with E-state index in [1.54, 1.807) is 18.5 Å². The number of rotatable bonds is 2. The predicted octanol–water partition coefficient (Wildman–Crippen LogP) is 3.36. The maximum Gasteiger partial charge on any atom is 0.193 e. The van der Waals surface area contributed by atoms with Gasteiger partial charge in [0.25, 0.3) is 0 Å². The summed E-state index contributed by atoms with van der Waals surface area (Å²) < 4.78 is 0. The average molecular weight is 278 g/mol. The molecule has 2 aromatic heterocycles. The average Bonchev–Trinajstić information content (AvgIpc) is 2.47. The largest absolute Gasteiger partial charge is 0.240 e. The molecule has 3 aromatic rings. The highest BCUT2D eigenvalue weighted by molar-refractivity contribution is 7.99. The van der Waals surface area contributed by atoms with Crippen LogP contribution in [0.1, 0.15) is 11.1 Å². The van der Waals surface area contributed by atoms with E-state index >= 15 is 0 Å². The van der Waals surface area contributed by atoms with Crippen LogP contribution < -0.4 is 0 Å². The second kappa shape index (κ2) is 5.27. The van der Waals surface area contributed by atoms with Crippen molar-refractivity contribution in [2.75, 3.05) is 0 Å². The summed E-state index contributed by atoms with van der Waals surface area (Å²) in [6.45, 7) is 2.02. The van der Waals surface area contributed by atoms with Crippen LogP contribution in [0.25, 0.3) is 10.9 Å². The Balaban J connectivity index is 2.11. The molecule has 4 nitrogen and oxygen atoms in total. The van der Waals surface area contributed by atoms with E-state index in [1.165, 1.54) is 11.8 Å². The fourth-order valence-corrected chi connectivity index (χ4v) is 2.60. The molecule has 2 heterocycles. The summed E-state index contributed by atoms with van der Waals surface area (Å²) in [6, 6.07) is 11.8. The fraction of sp³-hybridized carbons (Fsp3) is 0.0667. The molecule has 3 rings (SSSR count). The summed E-state index contributed by atoms with van der Waals surface area (Å²) in [7, 11) is 0. The first kappa shape index (κ1) is 12.6. The van der Waals surface area contributed by atoms with Gasteiger partial charge in [0.05, 0.1) is 11.1 Å². The number of nitrogens with zero attached hydrogens (tertiary/aromatic N) is 4. The van der Waals surface area contributed by atoms with Crippen LogP contribution in [-0.4, -0.2) is 15.0 Å². The van der Waals surface area contributed by atoms with E-state index in [4.69, 9.17) is 0 Å². The molecule has 0 aliphatic heterocycles. The van der Waals surface area contributed by atoms with Crippen molar-refractivity contribution in [2.45, 2.75) is 17.1 Å². The Labute approximate surface area is 120 Å². The van der Waals surface area contributed by atoms with Crippen LogP contribution in [-0.2, 0) is 0 Å². The van der Waals surface area contributed by atoms with Crippen molar-refractivity contribution in [1.29, 1.82) is 5.26 Å². The van der Waals surface area contributed by atoms with Gasteiger partial charge in [0.1, 0.15) is 11.1 Å². The summed E-state index contributed by atoms with van der Waals surface area (Å²) >= 11 is 1.30. The minimum atomic E-state index is 0.541. The van der Waals surface area contributed by atoms with Gasteiger partial charge in [-0.05, 0) is 42.4 Å². The Bertz CT molecular complexity index is 809. The minimum Gasteiger partial charge on any atom is -0.240 e. The number of hydrogen-bond acceptors (Lipinski definition) is 5. The molecule has 0 amide bonds. The molecular formula is C15H10N4S. The zero-order valence-corrected chi connectivity index (χ0v) is 11.6. The highest BCUT2D eigenvalue weighted by Gasteiger charge is 2.10. The standard InChI is InChI=1S/C15H10N4S/c1-10-3-4-11-8-12(9-16)14(19-13(11)7-10)20-15-17-5-2-6-18-15/h2-8H,1H3. The molecule has 0 unspecified atom stereocenters. The lowest BCUT2D eigenvalue weighted by Gasteiger charge is -2.05. The van der Waals surface area contributed by atoms with Crippen LogP contribution >= 0.6 is 11.8 Å². The summed E-state index contributed by atoms with van der Waals surface area (Å²) in [5.41, 5.74) is 2.56. The van der Waals surface area contributed by atoms with Crippen LogP contribution in [0.3, 0.4) is 0 Å². The summed E-state index contributed by atoms with van der Waals surface area (Å²) in [6.07, 6.45) is 3.35. The van der Waals surface area contributed by atoms with Gasteiger partial charge in [-0.1, -0.05) is 12.1 Å². The van der Waals surface area contributed by atoms with Crippen LogP contribution in [0.15, 0.2) is 52.9 Å². The van der Waals surface area contributed by atoms with Gasteiger partial charge >= 0.3 is 0 Å². The van der Waals surface area contributed by atoms with Gasteiger partial charge in [-0.25, -0.2) is 15.0 Å². The smallest absolute Gasteiger partial charge is 0.193 e. The fourth-order valence-electron chi connectivity index (χ4n) is 1.84. The van der Waals surface area contributed by atoms with Gasteiger partial charge in [-0.15, -0.1) is 0 Å². The Kier molecular flexibility index (Phi) is 3.32. The van der Waals surface area contributed by atoms with Crippen molar-refractivity contribution in [3.8, 4) is 6.07 Å². The van der Waals surface area contributed by atoms with Gasteiger partial charge in [0.15, 0.2) is 5.16 Å². The maximum atomic E-state index is 9.27. The van der Waals surface area contributed by atoms with Gasteiger partial charge in [-0.2, -0.15) is 5.26 Å². The van der Waals surface area contributed by atoms with Crippen molar-refractivity contribution in [3.63, 3.8) is 0 Å². The number of hydrogen-bond donors (Lipinski definition) is 0. The number of fused-ring (bicyclic) bond motifs is 1. The van der Waals surface area contributed by atoms with E-state index in [9.17, 15) is 5.26 Å². The topological polar surface area (TPSA) is 62.5 Å². The number of aromatic nitrogens is 3. The van der Waals surface area contributed by atoms with Crippen LogP contribution in [0, 0.1) is 18.3 Å². The number of pyridine rings is 1. The van der Waals surface area contributed by atoms with Crippen LogP contribution in [0.2, 0.25) is 0 Å².